The van der Waals surface area contributed by atoms with Gasteiger partial charge in [0.25, 0.3) is 0 Å². The van der Waals surface area contributed by atoms with Gasteiger partial charge in [0.15, 0.2) is 5.69 Å². The number of nitrogens with zero attached hydrogens (tertiary/aromatic N) is 2. The normalized spacial score (nSPS) is 14.7. The molecule has 0 saturated carbocycles. The molecule has 1 heterocycles. The summed E-state index contributed by atoms with van der Waals surface area (Å²) in [4.78, 5) is 17.3. The minimum Gasteiger partial charge on any atom is -0.309 e. The number of fused-ring (bicyclic) bond motifs is 1. The van der Waals surface area contributed by atoms with Crippen LogP contribution in [0.1, 0.15) is 29.8 Å². The number of rotatable bonds is 0. The van der Waals surface area contributed by atoms with E-state index in [1.165, 1.54) is 0 Å². The summed E-state index contributed by atoms with van der Waals surface area (Å²) in [5.74, 6) is 0. The Bertz CT molecular complexity index is 427. The first kappa shape index (κ1) is 7.99. The fourth-order valence-electron chi connectivity index (χ4n) is 1.72. The zero-order chi connectivity index (χ0) is 9.26. The molecule has 1 N–H and O–H groups in total. The number of nitriles is 1. The van der Waals surface area contributed by atoms with Crippen molar-refractivity contribution in [3.63, 3.8) is 0 Å². The van der Waals surface area contributed by atoms with Crippen LogP contribution in [0.3, 0.4) is 0 Å². The molecule has 0 unspecified atom stereocenters. The van der Waals surface area contributed by atoms with E-state index < -0.39 is 5.69 Å². The van der Waals surface area contributed by atoms with Crippen LogP contribution in [0.2, 0.25) is 0 Å². The van der Waals surface area contributed by atoms with E-state index in [0.29, 0.717) is 5.69 Å². The maximum Gasteiger partial charge on any atom is 0.346 e. The van der Waals surface area contributed by atoms with Gasteiger partial charge >= 0.3 is 5.69 Å². The van der Waals surface area contributed by atoms with Crippen molar-refractivity contribution < 1.29 is 0 Å². The maximum atomic E-state index is 11.0. The highest BCUT2D eigenvalue weighted by molar-refractivity contribution is 5.34. The molecule has 0 aromatic carbocycles. The van der Waals surface area contributed by atoms with E-state index in [0.717, 1.165) is 36.9 Å². The van der Waals surface area contributed by atoms with E-state index in [9.17, 15) is 4.79 Å². The highest BCUT2D eigenvalue weighted by atomic mass is 16.1. The van der Waals surface area contributed by atoms with Gasteiger partial charge in [-0.25, -0.2) is 4.79 Å². The number of H-pyrrole nitrogens is 1. The van der Waals surface area contributed by atoms with Crippen molar-refractivity contribution in [3.8, 4) is 6.07 Å². The van der Waals surface area contributed by atoms with Gasteiger partial charge in [0.2, 0.25) is 0 Å². The van der Waals surface area contributed by atoms with Crippen molar-refractivity contribution in [1.82, 2.24) is 9.97 Å². The molecule has 4 nitrogen and oxygen atoms in total. The molecular formula is C9H9N3O. The monoisotopic (exact) mass is 175 g/mol. The van der Waals surface area contributed by atoms with E-state index >= 15 is 0 Å². The lowest BCUT2D eigenvalue weighted by molar-refractivity contribution is 0.655. The lowest BCUT2D eigenvalue weighted by atomic mass is 9.95. The third-order valence-electron chi connectivity index (χ3n) is 2.33. The maximum absolute atomic E-state index is 11.0. The Morgan fingerprint density at radius 3 is 2.92 bits per heavy atom. The van der Waals surface area contributed by atoms with Crippen LogP contribution >= 0.6 is 0 Å². The smallest absolute Gasteiger partial charge is 0.309 e. The molecule has 4 heteroatoms. The second-order valence-corrected chi connectivity index (χ2v) is 3.17. The predicted molar refractivity (Wildman–Crippen MR) is 46.2 cm³/mol. The Morgan fingerprint density at radius 2 is 2.15 bits per heavy atom. The van der Waals surface area contributed by atoms with Gasteiger partial charge in [-0.15, -0.1) is 0 Å². The van der Waals surface area contributed by atoms with Crippen molar-refractivity contribution in [1.29, 1.82) is 5.26 Å². The number of aryl methyl sites for hydroxylation is 1. The van der Waals surface area contributed by atoms with Crippen molar-refractivity contribution >= 4 is 0 Å². The average molecular weight is 175 g/mol. The Labute approximate surface area is 75.2 Å². The minimum absolute atomic E-state index is 0.304. The van der Waals surface area contributed by atoms with Gasteiger partial charge in [-0.3, -0.25) is 0 Å². The Hall–Kier alpha value is -1.63. The van der Waals surface area contributed by atoms with Gasteiger partial charge in [0.1, 0.15) is 6.07 Å². The summed E-state index contributed by atoms with van der Waals surface area (Å²) in [5.41, 5.74) is 1.74. The molecule has 1 aliphatic rings. The molecule has 13 heavy (non-hydrogen) atoms. The van der Waals surface area contributed by atoms with E-state index in [2.05, 4.69) is 9.97 Å². The molecule has 1 aromatic heterocycles. The third kappa shape index (κ3) is 1.33. The molecule has 66 valence electrons. The fraction of sp³-hybridized carbons (Fsp3) is 0.444. The van der Waals surface area contributed by atoms with Gasteiger partial charge in [0.05, 0.1) is 0 Å². The zero-order valence-electron chi connectivity index (χ0n) is 7.13. The molecule has 2 rings (SSSR count). The van der Waals surface area contributed by atoms with Gasteiger partial charge in [0, 0.05) is 11.3 Å². The van der Waals surface area contributed by atoms with Crippen molar-refractivity contribution in [2.24, 2.45) is 0 Å². The fourth-order valence-corrected chi connectivity index (χ4v) is 1.72. The molecule has 1 aromatic rings. The molecule has 0 fully saturated rings. The van der Waals surface area contributed by atoms with Gasteiger partial charge in [-0.05, 0) is 25.7 Å². The van der Waals surface area contributed by atoms with E-state index in [4.69, 9.17) is 5.26 Å². The number of nitrogens with one attached hydrogen (secondary N) is 1. The first-order valence-corrected chi connectivity index (χ1v) is 4.33. The highest BCUT2D eigenvalue weighted by Gasteiger charge is 2.15. The van der Waals surface area contributed by atoms with Crippen molar-refractivity contribution in [2.45, 2.75) is 25.7 Å². The SMILES string of the molecule is N#Cc1nc(=O)[nH]c2c1CCCC2. The first-order chi connectivity index (χ1) is 6.31. The number of hydrogen-bond donors (Lipinski definition) is 1. The average Bonchev–Trinajstić information content (AvgIpc) is 2.16. The molecule has 0 aliphatic heterocycles. The molecule has 0 amide bonds. The number of hydrogen-bond acceptors (Lipinski definition) is 3. The molecule has 0 spiro atoms. The second kappa shape index (κ2) is 3.02. The largest absolute Gasteiger partial charge is 0.346 e. The Kier molecular flexibility index (Phi) is 1.85. The van der Waals surface area contributed by atoms with Crippen LogP contribution in [0.5, 0.6) is 0 Å². The van der Waals surface area contributed by atoms with Crippen LogP contribution in [-0.4, -0.2) is 9.97 Å². The molecule has 0 bridgehead atoms. The van der Waals surface area contributed by atoms with Crippen molar-refractivity contribution in [2.75, 3.05) is 0 Å². The second-order valence-electron chi connectivity index (χ2n) is 3.17. The summed E-state index contributed by atoms with van der Waals surface area (Å²) in [5, 5.41) is 8.75. The Morgan fingerprint density at radius 1 is 1.38 bits per heavy atom. The summed E-state index contributed by atoms with van der Waals surface area (Å²) in [6.45, 7) is 0. The molecule has 1 aliphatic carbocycles. The van der Waals surface area contributed by atoms with Crippen LogP contribution in [-0.2, 0) is 12.8 Å². The topological polar surface area (TPSA) is 69.5 Å². The summed E-state index contributed by atoms with van der Waals surface area (Å²) in [6.07, 6.45) is 3.89. The quantitative estimate of drug-likeness (QED) is 0.625. The summed E-state index contributed by atoms with van der Waals surface area (Å²) >= 11 is 0. The van der Waals surface area contributed by atoms with E-state index in [1.54, 1.807) is 0 Å². The molecule has 0 saturated heterocycles. The zero-order valence-corrected chi connectivity index (χ0v) is 7.13. The van der Waals surface area contributed by atoms with Crippen LogP contribution in [0.4, 0.5) is 0 Å². The van der Waals surface area contributed by atoms with Gasteiger partial charge in [-0.2, -0.15) is 10.2 Å². The number of aromatic nitrogens is 2. The third-order valence-corrected chi connectivity index (χ3v) is 2.33. The van der Waals surface area contributed by atoms with Crippen LogP contribution in [0, 0.1) is 11.3 Å². The van der Waals surface area contributed by atoms with Gasteiger partial charge in [-0.1, -0.05) is 0 Å². The predicted octanol–water partition coefficient (Wildman–Crippen LogP) is 0.520. The molecular weight excluding hydrogens is 166 g/mol. The minimum atomic E-state index is -0.405. The Balaban J connectivity index is 2.65. The lowest BCUT2D eigenvalue weighted by Gasteiger charge is -2.14. The standard InChI is InChI=1S/C9H9N3O/c10-5-8-6-3-1-2-4-7(6)11-9(13)12-8/h1-4H2,(H,11,12,13). The van der Waals surface area contributed by atoms with E-state index in [1.807, 2.05) is 6.07 Å². The highest BCUT2D eigenvalue weighted by Crippen LogP contribution is 2.19. The number of aromatic amines is 1. The van der Waals surface area contributed by atoms with Crippen molar-refractivity contribution in [3.05, 3.63) is 27.4 Å². The summed E-state index contributed by atoms with van der Waals surface area (Å²) in [6, 6.07) is 1.96. The van der Waals surface area contributed by atoms with E-state index in [-0.39, 0.29) is 0 Å². The summed E-state index contributed by atoms with van der Waals surface area (Å²) in [7, 11) is 0. The van der Waals surface area contributed by atoms with Crippen LogP contribution < -0.4 is 5.69 Å². The summed E-state index contributed by atoms with van der Waals surface area (Å²) < 4.78 is 0. The lowest BCUT2D eigenvalue weighted by Crippen LogP contribution is -2.20. The molecule has 0 radical (unpaired) electrons. The first-order valence-electron chi connectivity index (χ1n) is 4.33. The van der Waals surface area contributed by atoms with Crippen LogP contribution in [0.25, 0.3) is 0 Å². The molecule has 0 atom stereocenters. The van der Waals surface area contributed by atoms with Crippen LogP contribution in [0.15, 0.2) is 4.79 Å². The van der Waals surface area contributed by atoms with Gasteiger partial charge < -0.3 is 4.98 Å².